The van der Waals surface area contributed by atoms with Crippen molar-refractivity contribution in [2.45, 2.75) is 32.6 Å². The minimum absolute atomic E-state index is 0.157. The van der Waals surface area contributed by atoms with Gasteiger partial charge in [0.2, 0.25) is 15.9 Å². The average molecular weight is 346 g/mol. The third-order valence-electron chi connectivity index (χ3n) is 3.87. The summed E-state index contributed by atoms with van der Waals surface area (Å²) < 4.78 is 26.9. The highest BCUT2D eigenvalue weighted by Crippen LogP contribution is 2.16. The number of anilines is 1. The number of carbonyl (C=O) groups is 1. The average Bonchev–Trinajstić information content (AvgIpc) is 2.51. The van der Waals surface area contributed by atoms with Crippen molar-refractivity contribution in [2.75, 3.05) is 11.9 Å². The monoisotopic (exact) mass is 346 g/mol. The van der Waals surface area contributed by atoms with Crippen LogP contribution in [0.1, 0.15) is 22.3 Å². The van der Waals surface area contributed by atoms with Gasteiger partial charge in [0.25, 0.3) is 0 Å². The molecule has 0 aliphatic rings. The largest absolute Gasteiger partial charge is 0.325 e. The molecule has 0 fully saturated rings. The molecule has 1 amide bonds. The molecule has 2 aromatic carbocycles. The summed E-state index contributed by atoms with van der Waals surface area (Å²) >= 11 is 0. The van der Waals surface area contributed by atoms with Gasteiger partial charge in [-0.2, -0.15) is 0 Å². The normalized spacial score (nSPS) is 11.3. The molecule has 6 heteroatoms. The highest BCUT2D eigenvalue weighted by atomic mass is 32.2. The van der Waals surface area contributed by atoms with Crippen molar-refractivity contribution in [1.82, 2.24) is 4.72 Å². The summed E-state index contributed by atoms with van der Waals surface area (Å²) in [5, 5.41) is 2.72. The lowest BCUT2D eigenvalue weighted by Gasteiger charge is -2.11. The Kier molecular flexibility index (Phi) is 5.41. The first kappa shape index (κ1) is 18.2. The summed E-state index contributed by atoms with van der Waals surface area (Å²) in [6, 6.07) is 10.5. The van der Waals surface area contributed by atoms with Crippen LogP contribution in [-0.2, 0) is 14.8 Å². The number of sulfonamides is 1. The molecule has 2 N–H and O–H groups in total. The number of hydrogen-bond donors (Lipinski definition) is 2. The van der Waals surface area contributed by atoms with Crippen molar-refractivity contribution in [3.05, 3.63) is 58.7 Å². The van der Waals surface area contributed by atoms with Crippen LogP contribution in [-0.4, -0.2) is 20.9 Å². The van der Waals surface area contributed by atoms with Gasteiger partial charge in [-0.05, 0) is 62.6 Å². The van der Waals surface area contributed by atoms with Crippen molar-refractivity contribution in [1.29, 1.82) is 0 Å². The van der Waals surface area contributed by atoms with Gasteiger partial charge in [0, 0.05) is 5.69 Å². The lowest BCUT2D eigenvalue weighted by molar-refractivity contribution is -0.115. The van der Waals surface area contributed by atoms with Crippen molar-refractivity contribution >= 4 is 21.6 Å². The summed E-state index contributed by atoms with van der Waals surface area (Å²) in [5.41, 5.74) is 4.61. The Bertz CT molecular complexity index is 874. The number of carbonyl (C=O) groups excluding carboxylic acids is 1. The van der Waals surface area contributed by atoms with Crippen LogP contribution in [0.2, 0.25) is 0 Å². The van der Waals surface area contributed by atoms with Gasteiger partial charge in [0.05, 0.1) is 11.4 Å². The van der Waals surface area contributed by atoms with E-state index in [0.717, 1.165) is 22.3 Å². The Labute approximate surface area is 143 Å². The van der Waals surface area contributed by atoms with E-state index in [1.54, 1.807) is 18.2 Å². The van der Waals surface area contributed by atoms with E-state index in [-0.39, 0.29) is 11.4 Å². The Balaban J connectivity index is 2.03. The van der Waals surface area contributed by atoms with Crippen LogP contribution < -0.4 is 10.0 Å². The number of nitrogens with one attached hydrogen (secondary N) is 2. The molecule has 128 valence electrons. The number of benzene rings is 2. The van der Waals surface area contributed by atoms with Gasteiger partial charge in [0.15, 0.2) is 0 Å². The molecule has 0 heterocycles. The van der Waals surface area contributed by atoms with Gasteiger partial charge in [0.1, 0.15) is 0 Å². The maximum Gasteiger partial charge on any atom is 0.241 e. The molecule has 2 rings (SSSR count). The zero-order chi connectivity index (χ0) is 17.9. The summed E-state index contributed by atoms with van der Waals surface area (Å²) in [6.07, 6.45) is 0. The van der Waals surface area contributed by atoms with E-state index in [4.69, 9.17) is 0 Å². The predicted octanol–water partition coefficient (Wildman–Crippen LogP) is 2.84. The molecule has 0 atom stereocenters. The maximum absolute atomic E-state index is 12.3. The van der Waals surface area contributed by atoms with Gasteiger partial charge in [-0.1, -0.05) is 23.8 Å². The Morgan fingerprint density at radius 3 is 2.25 bits per heavy atom. The van der Waals surface area contributed by atoms with Crippen LogP contribution in [0.25, 0.3) is 0 Å². The first-order chi connectivity index (χ1) is 11.2. The molecule has 5 nitrogen and oxygen atoms in total. The molecule has 0 aromatic heterocycles. The van der Waals surface area contributed by atoms with E-state index in [2.05, 4.69) is 10.0 Å². The van der Waals surface area contributed by atoms with Crippen molar-refractivity contribution in [3.8, 4) is 0 Å². The second kappa shape index (κ2) is 7.15. The van der Waals surface area contributed by atoms with E-state index in [0.29, 0.717) is 5.69 Å². The molecule has 0 aliphatic heterocycles. The van der Waals surface area contributed by atoms with Crippen LogP contribution in [0.15, 0.2) is 41.3 Å². The lowest BCUT2D eigenvalue weighted by atomic mass is 10.1. The zero-order valence-corrected chi connectivity index (χ0v) is 15.1. The maximum atomic E-state index is 12.3. The lowest BCUT2D eigenvalue weighted by Crippen LogP contribution is -2.33. The van der Waals surface area contributed by atoms with Gasteiger partial charge in [-0.25, -0.2) is 13.1 Å². The van der Waals surface area contributed by atoms with Crippen molar-refractivity contribution in [2.24, 2.45) is 0 Å². The summed E-state index contributed by atoms with van der Waals surface area (Å²) in [6.45, 7) is 7.30. The molecule has 0 radical (unpaired) electrons. The zero-order valence-electron chi connectivity index (χ0n) is 14.3. The smallest absolute Gasteiger partial charge is 0.241 e. The van der Waals surface area contributed by atoms with E-state index in [1.807, 2.05) is 39.8 Å². The molecule has 0 saturated carbocycles. The van der Waals surface area contributed by atoms with Gasteiger partial charge >= 0.3 is 0 Å². The highest BCUT2D eigenvalue weighted by Gasteiger charge is 2.16. The number of amides is 1. The number of rotatable bonds is 5. The first-order valence-corrected chi connectivity index (χ1v) is 9.11. The molecule has 2 aromatic rings. The molecular weight excluding hydrogens is 324 g/mol. The first-order valence-electron chi connectivity index (χ1n) is 7.63. The Morgan fingerprint density at radius 1 is 0.917 bits per heavy atom. The SMILES string of the molecule is Cc1ccc(NC(=O)CNS(=O)(=O)c2ccc(C)c(C)c2)c(C)c1. The van der Waals surface area contributed by atoms with Crippen molar-refractivity contribution in [3.63, 3.8) is 0 Å². The van der Waals surface area contributed by atoms with Gasteiger partial charge < -0.3 is 5.32 Å². The fraction of sp³-hybridized carbons (Fsp3) is 0.278. The Morgan fingerprint density at radius 2 is 1.62 bits per heavy atom. The van der Waals surface area contributed by atoms with E-state index >= 15 is 0 Å². The molecular formula is C18H22N2O3S. The molecule has 0 unspecified atom stereocenters. The third kappa shape index (κ3) is 4.43. The standard InChI is InChI=1S/C18H22N2O3S/c1-12-5-8-17(15(4)9-12)20-18(21)11-19-24(22,23)16-7-6-13(2)14(3)10-16/h5-10,19H,11H2,1-4H3,(H,20,21). The molecule has 24 heavy (non-hydrogen) atoms. The quantitative estimate of drug-likeness (QED) is 0.874. The Hall–Kier alpha value is -2.18. The topological polar surface area (TPSA) is 75.3 Å². The highest BCUT2D eigenvalue weighted by molar-refractivity contribution is 7.89. The molecule has 0 aliphatic carbocycles. The third-order valence-corrected chi connectivity index (χ3v) is 5.27. The van der Waals surface area contributed by atoms with Crippen LogP contribution in [0.4, 0.5) is 5.69 Å². The number of hydrogen-bond acceptors (Lipinski definition) is 3. The summed E-state index contributed by atoms with van der Waals surface area (Å²) in [7, 11) is -3.71. The van der Waals surface area contributed by atoms with Crippen LogP contribution in [0.5, 0.6) is 0 Å². The molecule has 0 spiro atoms. The minimum Gasteiger partial charge on any atom is -0.325 e. The molecule has 0 saturated heterocycles. The van der Waals surface area contributed by atoms with Crippen LogP contribution in [0, 0.1) is 27.7 Å². The van der Waals surface area contributed by atoms with E-state index in [1.165, 1.54) is 6.07 Å². The van der Waals surface area contributed by atoms with E-state index < -0.39 is 15.9 Å². The fourth-order valence-corrected chi connectivity index (χ4v) is 3.34. The minimum atomic E-state index is -3.71. The van der Waals surface area contributed by atoms with Gasteiger partial charge in [-0.3, -0.25) is 4.79 Å². The second-order valence-electron chi connectivity index (χ2n) is 5.94. The predicted molar refractivity (Wildman–Crippen MR) is 95.7 cm³/mol. The van der Waals surface area contributed by atoms with Gasteiger partial charge in [-0.15, -0.1) is 0 Å². The summed E-state index contributed by atoms with van der Waals surface area (Å²) in [4.78, 5) is 12.2. The summed E-state index contributed by atoms with van der Waals surface area (Å²) in [5.74, 6) is -0.408. The van der Waals surface area contributed by atoms with Crippen molar-refractivity contribution < 1.29 is 13.2 Å². The second-order valence-corrected chi connectivity index (χ2v) is 7.70. The van der Waals surface area contributed by atoms with E-state index in [9.17, 15) is 13.2 Å². The number of aryl methyl sites for hydroxylation is 4. The molecule has 0 bridgehead atoms. The fourth-order valence-electron chi connectivity index (χ4n) is 2.27. The van der Waals surface area contributed by atoms with Crippen LogP contribution >= 0.6 is 0 Å². The van der Waals surface area contributed by atoms with Crippen LogP contribution in [0.3, 0.4) is 0 Å².